The standard InChI is InChI=1S/C38H39F6N3O6S/c1-3-9-30-36(53-25-22-31(54-24-25)38(42,43)44,14-8-18-47(30)33(50)26-23-45-17-13-27(26)37(39,40)41)34(51)46-19-15-35(4-2,16-20-46)28-10-5-6-11-29(28)52-21-7-12-32(48)49/h2,5-6,10-11,13,17,22-24,30H,3,7-9,12,14-16,18-21H2,1H3,(H,48,49). The number of alkyl halides is 6. The number of carboxylic acid groups (broad SMARTS) is 1. The number of likely N-dealkylation sites (tertiary alicyclic amines) is 2. The number of pyridine rings is 1. The number of carbonyl (C=O) groups excluding carboxylic acids is 2. The number of piperidine rings is 2. The summed E-state index contributed by atoms with van der Waals surface area (Å²) in [4.78, 5) is 45.4. The van der Waals surface area contributed by atoms with E-state index < -0.39 is 63.2 Å². The molecule has 2 aliphatic heterocycles. The van der Waals surface area contributed by atoms with E-state index in [1.807, 2.05) is 0 Å². The van der Waals surface area contributed by atoms with Crippen LogP contribution in [0.1, 0.15) is 84.7 Å². The lowest BCUT2D eigenvalue weighted by Crippen LogP contribution is -2.68. The molecular weight excluding hydrogens is 740 g/mol. The molecular formula is C38H39F6N3O6S. The van der Waals surface area contributed by atoms with Crippen molar-refractivity contribution in [3.63, 3.8) is 0 Å². The van der Waals surface area contributed by atoms with Crippen molar-refractivity contribution in [2.45, 2.75) is 87.7 Å². The lowest BCUT2D eigenvalue weighted by atomic mass is 9.72. The van der Waals surface area contributed by atoms with Crippen molar-refractivity contribution in [3.8, 4) is 23.8 Å². The highest BCUT2D eigenvalue weighted by Gasteiger charge is 2.56. The first-order valence-corrected chi connectivity index (χ1v) is 18.3. The second-order valence-corrected chi connectivity index (χ2v) is 14.2. The number of halogens is 6. The third-order valence-electron chi connectivity index (χ3n) is 9.93. The molecule has 4 heterocycles. The van der Waals surface area contributed by atoms with E-state index in [1.165, 1.54) is 9.80 Å². The summed E-state index contributed by atoms with van der Waals surface area (Å²) >= 11 is 0.372. The van der Waals surface area contributed by atoms with E-state index in [1.54, 1.807) is 31.2 Å². The van der Waals surface area contributed by atoms with Gasteiger partial charge in [-0.3, -0.25) is 19.4 Å². The Morgan fingerprint density at radius 2 is 1.78 bits per heavy atom. The number of rotatable bonds is 12. The van der Waals surface area contributed by atoms with E-state index in [-0.39, 0.29) is 76.9 Å². The number of ether oxygens (including phenoxy) is 2. The summed E-state index contributed by atoms with van der Waals surface area (Å²) in [7, 11) is 0. The van der Waals surface area contributed by atoms with Crippen molar-refractivity contribution in [2.75, 3.05) is 26.2 Å². The minimum Gasteiger partial charge on any atom is -0.493 e. The number of nitrogens with zero attached hydrogens (tertiary/aromatic N) is 3. The SMILES string of the molecule is C#CC1(c2ccccc2OCCCC(=O)O)CCN(C(=O)C2(Oc3csc(C(F)(F)F)c3)CCCN(C(=O)c3cnccc3C(F)(F)F)C2CCC)CC1. The first-order valence-electron chi connectivity index (χ1n) is 17.4. The summed E-state index contributed by atoms with van der Waals surface area (Å²) in [6.07, 6.45) is -0.531. The van der Waals surface area contributed by atoms with Crippen LogP contribution in [0.4, 0.5) is 26.3 Å². The molecule has 0 aliphatic carbocycles. The normalized spacial score (nSPS) is 20.2. The maximum atomic E-state index is 15.0. The van der Waals surface area contributed by atoms with Crippen molar-refractivity contribution in [1.82, 2.24) is 14.8 Å². The zero-order valence-electron chi connectivity index (χ0n) is 29.3. The van der Waals surface area contributed by atoms with Gasteiger partial charge in [0, 0.05) is 61.9 Å². The number of terminal acetylenes is 1. The molecule has 1 aromatic carbocycles. The van der Waals surface area contributed by atoms with Gasteiger partial charge in [-0.05, 0) is 44.2 Å². The molecule has 0 bridgehead atoms. The highest BCUT2D eigenvalue weighted by molar-refractivity contribution is 7.10. The van der Waals surface area contributed by atoms with Gasteiger partial charge in [0.25, 0.3) is 11.8 Å². The predicted molar refractivity (Wildman–Crippen MR) is 186 cm³/mol. The number of thiophene rings is 1. The van der Waals surface area contributed by atoms with Crippen LogP contribution in [-0.2, 0) is 27.4 Å². The molecule has 3 aromatic rings. The zero-order valence-corrected chi connectivity index (χ0v) is 30.2. The van der Waals surface area contributed by atoms with E-state index >= 15 is 0 Å². The van der Waals surface area contributed by atoms with Crippen LogP contribution in [0.15, 0.2) is 54.2 Å². The van der Waals surface area contributed by atoms with E-state index in [4.69, 9.17) is 21.0 Å². The maximum absolute atomic E-state index is 15.0. The second kappa shape index (κ2) is 16.3. The third-order valence-corrected chi connectivity index (χ3v) is 10.9. The Morgan fingerprint density at radius 3 is 2.41 bits per heavy atom. The molecule has 16 heteroatoms. The van der Waals surface area contributed by atoms with Crippen molar-refractivity contribution in [2.24, 2.45) is 0 Å². The van der Waals surface area contributed by atoms with E-state index in [0.717, 1.165) is 23.8 Å². The van der Waals surface area contributed by atoms with Crippen LogP contribution in [-0.4, -0.2) is 75.6 Å². The van der Waals surface area contributed by atoms with Crippen molar-refractivity contribution >= 4 is 29.1 Å². The van der Waals surface area contributed by atoms with Gasteiger partial charge in [-0.2, -0.15) is 26.3 Å². The van der Waals surface area contributed by atoms with Crippen LogP contribution >= 0.6 is 11.3 Å². The molecule has 290 valence electrons. The molecule has 5 rings (SSSR count). The van der Waals surface area contributed by atoms with E-state index in [9.17, 15) is 40.7 Å². The number of carbonyl (C=O) groups is 3. The van der Waals surface area contributed by atoms with Crippen LogP contribution in [0.3, 0.4) is 0 Å². The number of aliphatic carboxylic acids is 1. The molecule has 9 nitrogen and oxygen atoms in total. The average molecular weight is 780 g/mol. The second-order valence-electron chi connectivity index (χ2n) is 13.3. The number of benzene rings is 1. The van der Waals surface area contributed by atoms with Gasteiger partial charge in [-0.1, -0.05) is 37.5 Å². The Labute approximate surface area is 312 Å². The topological polar surface area (TPSA) is 109 Å². The fraction of sp³-hybridized carbons (Fsp3) is 0.474. The number of aromatic nitrogens is 1. The first-order chi connectivity index (χ1) is 25.6. The third kappa shape index (κ3) is 8.46. The van der Waals surface area contributed by atoms with Gasteiger partial charge in [0.1, 0.15) is 16.4 Å². The van der Waals surface area contributed by atoms with E-state index in [2.05, 4.69) is 10.9 Å². The lowest BCUT2D eigenvalue weighted by molar-refractivity contribution is -0.160. The van der Waals surface area contributed by atoms with Gasteiger partial charge < -0.3 is 24.4 Å². The molecule has 2 amide bonds. The van der Waals surface area contributed by atoms with Crippen molar-refractivity contribution in [3.05, 3.63) is 75.7 Å². The lowest BCUT2D eigenvalue weighted by Gasteiger charge is -2.51. The van der Waals surface area contributed by atoms with Crippen LogP contribution < -0.4 is 9.47 Å². The number of para-hydroxylation sites is 1. The largest absolute Gasteiger partial charge is 0.493 e. The van der Waals surface area contributed by atoms with Gasteiger partial charge in [0.05, 0.1) is 29.2 Å². The van der Waals surface area contributed by atoms with Crippen LogP contribution in [0.5, 0.6) is 11.5 Å². The Morgan fingerprint density at radius 1 is 1.06 bits per heavy atom. The first kappa shape index (κ1) is 40.4. The Kier molecular flexibility index (Phi) is 12.2. The molecule has 2 aromatic heterocycles. The van der Waals surface area contributed by atoms with Gasteiger partial charge in [0.15, 0.2) is 0 Å². The number of carboxylic acids is 1. The molecule has 0 radical (unpaired) electrons. The zero-order chi connectivity index (χ0) is 39.3. The van der Waals surface area contributed by atoms with Crippen molar-refractivity contribution < 1.29 is 55.3 Å². The Hall–Kier alpha value is -4.78. The number of hydrogen-bond donors (Lipinski definition) is 1. The van der Waals surface area contributed by atoms with Crippen LogP contribution in [0, 0.1) is 12.3 Å². The summed E-state index contributed by atoms with van der Waals surface area (Å²) in [6, 6.07) is 7.37. The minimum atomic E-state index is -4.89. The highest BCUT2D eigenvalue weighted by atomic mass is 32.1. The molecule has 2 aliphatic rings. The van der Waals surface area contributed by atoms with Gasteiger partial charge in [0.2, 0.25) is 5.60 Å². The molecule has 2 unspecified atom stereocenters. The Balaban J connectivity index is 1.50. The monoisotopic (exact) mass is 779 g/mol. The Bertz CT molecular complexity index is 1870. The number of hydrogen-bond acceptors (Lipinski definition) is 7. The molecule has 2 atom stereocenters. The summed E-state index contributed by atoms with van der Waals surface area (Å²) in [5, 5.41) is 10.1. The summed E-state index contributed by atoms with van der Waals surface area (Å²) in [5.41, 5.74) is -4.12. The molecule has 2 fully saturated rings. The minimum absolute atomic E-state index is 0.0273. The smallest absolute Gasteiger partial charge is 0.425 e. The van der Waals surface area contributed by atoms with E-state index in [0.29, 0.717) is 35.1 Å². The fourth-order valence-electron chi connectivity index (χ4n) is 7.35. The molecule has 1 N–H and O–H groups in total. The van der Waals surface area contributed by atoms with Gasteiger partial charge >= 0.3 is 18.3 Å². The van der Waals surface area contributed by atoms with Gasteiger partial charge in [-0.15, -0.1) is 17.8 Å². The molecule has 0 spiro atoms. The predicted octanol–water partition coefficient (Wildman–Crippen LogP) is 7.84. The molecule has 0 saturated carbocycles. The number of amides is 2. The summed E-state index contributed by atoms with van der Waals surface area (Å²) in [5.74, 6) is 0.486. The van der Waals surface area contributed by atoms with Crippen LogP contribution in [0.2, 0.25) is 0 Å². The quantitative estimate of drug-likeness (QED) is 0.113. The van der Waals surface area contributed by atoms with Gasteiger partial charge in [-0.25, -0.2) is 0 Å². The highest BCUT2D eigenvalue weighted by Crippen LogP contribution is 2.45. The maximum Gasteiger partial charge on any atom is 0.425 e. The van der Waals surface area contributed by atoms with Crippen molar-refractivity contribution in [1.29, 1.82) is 0 Å². The summed E-state index contributed by atoms with van der Waals surface area (Å²) in [6.45, 7) is 2.01. The molecule has 2 saturated heterocycles. The summed E-state index contributed by atoms with van der Waals surface area (Å²) < 4.78 is 95.5. The fourth-order valence-corrected chi connectivity index (χ4v) is 8.02. The van der Waals surface area contributed by atoms with Crippen LogP contribution in [0.25, 0.3) is 0 Å². The average Bonchev–Trinajstić information content (AvgIpc) is 3.63. The molecule has 54 heavy (non-hydrogen) atoms.